The summed E-state index contributed by atoms with van der Waals surface area (Å²) in [5.41, 5.74) is 0. The SMILES string of the molecule is Cc1ccc(N(C)C(=O)Nc2nc(OCC(F)(F)F)cc(OCC(F)(F)F)n2)s1. The van der Waals surface area contributed by atoms with E-state index in [2.05, 4.69) is 24.8 Å². The van der Waals surface area contributed by atoms with Crippen LogP contribution in [0.1, 0.15) is 4.88 Å². The Morgan fingerprint density at radius 2 is 1.59 bits per heavy atom. The first-order valence-corrected chi connectivity index (χ1v) is 8.53. The van der Waals surface area contributed by atoms with Crippen LogP contribution in [0.5, 0.6) is 11.8 Å². The van der Waals surface area contributed by atoms with E-state index < -0.39 is 49.3 Å². The van der Waals surface area contributed by atoms with Gasteiger partial charge in [0, 0.05) is 11.9 Å². The Bertz CT molecular complexity index is 819. The van der Waals surface area contributed by atoms with Gasteiger partial charge in [-0.2, -0.15) is 36.3 Å². The van der Waals surface area contributed by atoms with E-state index in [1.807, 2.05) is 6.92 Å². The number of thiophene rings is 1. The summed E-state index contributed by atoms with van der Waals surface area (Å²) in [6.45, 7) is -1.68. The number of urea groups is 1. The van der Waals surface area contributed by atoms with Crippen molar-refractivity contribution in [2.24, 2.45) is 0 Å². The van der Waals surface area contributed by atoms with Crippen LogP contribution in [0, 0.1) is 6.92 Å². The van der Waals surface area contributed by atoms with Crippen molar-refractivity contribution < 1.29 is 40.6 Å². The van der Waals surface area contributed by atoms with Crippen molar-refractivity contribution in [2.75, 3.05) is 30.5 Å². The molecule has 0 aliphatic carbocycles. The van der Waals surface area contributed by atoms with Crippen molar-refractivity contribution in [3.05, 3.63) is 23.1 Å². The van der Waals surface area contributed by atoms with Crippen molar-refractivity contribution >= 4 is 28.3 Å². The molecule has 0 radical (unpaired) electrons. The van der Waals surface area contributed by atoms with Crippen molar-refractivity contribution in [3.63, 3.8) is 0 Å². The Labute approximate surface area is 164 Å². The summed E-state index contributed by atoms with van der Waals surface area (Å²) in [6.07, 6.45) is -9.42. The van der Waals surface area contributed by atoms with Crippen LogP contribution in [-0.4, -0.2) is 48.6 Å². The molecular formula is C15H14F6N4O3S. The zero-order chi connectivity index (χ0) is 21.8. The normalized spacial score (nSPS) is 11.9. The van der Waals surface area contributed by atoms with Crippen LogP contribution in [0.15, 0.2) is 18.2 Å². The number of halogens is 6. The van der Waals surface area contributed by atoms with Gasteiger partial charge in [0.1, 0.15) is 0 Å². The Morgan fingerprint density at radius 1 is 1.07 bits per heavy atom. The number of aromatic nitrogens is 2. The molecule has 0 bridgehead atoms. The molecule has 0 saturated carbocycles. The number of carbonyl (C=O) groups is 1. The summed E-state index contributed by atoms with van der Waals surface area (Å²) in [5.74, 6) is -2.04. The minimum Gasteiger partial charge on any atom is -0.468 e. The van der Waals surface area contributed by atoms with Gasteiger partial charge in [-0.15, -0.1) is 11.3 Å². The maximum absolute atomic E-state index is 12.3. The van der Waals surface area contributed by atoms with Crippen molar-refractivity contribution in [2.45, 2.75) is 19.3 Å². The van der Waals surface area contributed by atoms with Crippen LogP contribution in [-0.2, 0) is 0 Å². The Hall–Kier alpha value is -2.77. The average molecular weight is 444 g/mol. The Morgan fingerprint density at radius 3 is 2.00 bits per heavy atom. The molecule has 7 nitrogen and oxygen atoms in total. The summed E-state index contributed by atoms with van der Waals surface area (Å²) < 4.78 is 82.8. The number of ether oxygens (including phenoxy) is 2. The lowest BCUT2D eigenvalue weighted by Crippen LogP contribution is -2.31. The van der Waals surface area contributed by atoms with E-state index in [4.69, 9.17) is 0 Å². The molecule has 0 aliphatic heterocycles. The van der Waals surface area contributed by atoms with E-state index in [-0.39, 0.29) is 0 Å². The maximum atomic E-state index is 12.3. The van der Waals surface area contributed by atoms with Crippen molar-refractivity contribution in [1.82, 2.24) is 9.97 Å². The first kappa shape index (κ1) is 22.5. The second kappa shape index (κ2) is 8.71. The minimum atomic E-state index is -4.71. The molecule has 1 N–H and O–H groups in total. The molecule has 29 heavy (non-hydrogen) atoms. The molecule has 0 fully saturated rings. The van der Waals surface area contributed by atoms with Crippen LogP contribution < -0.4 is 19.7 Å². The van der Waals surface area contributed by atoms with Crippen molar-refractivity contribution in [3.8, 4) is 11.8 Å². The average Bonchev–Trinajstić information content (AvgIpc) is 3.02. The standard InChI is InChI=1S/C15H14F6N4O3S/c1-8-3-4-11(29-8)25(2)13(26)24-12-22-9(27-6-14(16,17)18)5-10(23-12)28-7-15(19,20)21/h3-5H,6-7H2,1-2H3,(H,22,23,24,26). The fourth-order valence-electron chi connectivity index (χ4n) is 1.80. The van der Waals surface area contributed by atoms with Crippen molar-refractivity contribution in [1.29, 1.82) is 0 Å². The van der Waals surface area contributed by atoms with Gasteiger partial charge in [0.15, 0.2) is 13.2 Å². The third kappa shape index (κ3) is 7.63. The lowest BCUT2D eigenvalue weighted by atomic mass is 10.5. The fourth-order valence-corrected chi connectivity index (χ4v) is 2.62. The number of alkyl halides is 6. The summed E-state index contributed by atoms with van der Waals surface area (Å²) in [4.78, 5) is 21.5. The summed E-state index contributed by atoms with van der Waals surface area (Å²) in [6, 6.07) is 3.29. The van der Waals surface area contributed by atoms with E-state index in [1.165, 1.54) is 23.3 Å². The lowest BCUT2D eigenvalue weighted by molar-refractivity contribution is -0.154. The molecule has 2 aromatic heterocycles. The molecule has 0 unspecified atom stereocenters. The van der Waals surface area contributed by atoms with Gasteiger partial charge in [0.05, 0.1) is 11.1 Å². The summed E-state index contributed by atoms with van der Waals surface area (Å²) in [5, 5.41) is 2.71. The van der Waals surface area contributed by atoms with Gasteiger partial charge in [0.2, 0.25) is 17.7 Å². The smallest absolute Gasteiger partial charge is 0.422 e. The number of hydrogen-bond donors (Lipinski definition) is 1. The van der Waals surface area contributed by atoms with Gasteiger partial charge in [-0.3, -0.25) is 10.2 Å². The zero-order valence-corrected chi connectivity index (χ0v) is 15.7. The third-order valence-electron chi connectivity index (χ3n) is 3.03. The topological polar surface area (TPSA) is 76.6 Å². The van der Waals surface area contributed by atoms with Crippen LogP contribution in [0.4, 0.5) is 42.1 Å². The molecule has 14 heteroatoms. The van der Waals surface area contributed by atoms with Crippen LogP contribution >= 0.6 is 11.3 Å². The Kier molecular flexibility index (Phi) is 6.77. The maximum Gasteiger partial charge on any atom is 0.422 e. The number of carbonyl (C=O) groups excluding carboxylic acids is 1. The number of anilines is 2. The van der Waals surface area contributed by atoms with E-state index in [1.54, 1.807) is 12.1 Å². The first-order valence-electron chi connectivity index (χ1n) is 7.72. The molecule has 2 amide bonds. The second-order valence-electron chi connectivity index (χ2n) is 5.55. The molecule has 2 aromatic rings. The van der Waals surface area contributed by atoms with Crippen LogP contribution in [0.2, 0.25) is 0 Å². The number of nitrogens with zero attached hydrogens (tertiary/aromatic N) is 3. The molecule has 0 aliphatic rings. The van der Waals surface area contributed by atoms with Gasteiger partial charge in [-0.1, -0.05) is 0 Å². The van der Waals surface area contributed by atoms with E-state index in [0.29, 0.717) is 11.1 Å². The minimum absolute atomic E-state index is 0.540. The van der Waals surface area contributed by atoms with E-state index in [0.717, 1.165) is 4.88 Å². The molecule has 2 rings (SSSR count). The monoisotopic (exact) mass is 444 g/mol. The predicted octanol–water partition coefficient (Wildman–Crippen LogP) is 4.40. The summed E-state index contributed by atoms with van der Waals surface area (Å²) in [7, 11) is 1.41. The molecular weight excluding hydrogens is 430 g/mol. The third-order valence-corrected chi connectivity index (χ3v) is 4.10. The highest BCUT2D eigenvalue weighted by Gasteiger charge is 2.30. The number of nitrogens with one attached hydrogen (secondary N) is 1. The molecule has 0 atom stereocenters. The number of amides is 2. The molecule has 0 spiro atoms. The number of aryl methyl sites for hydroxylation is 1. The van der Waals surface area contributed by atoms with E-state index >= 15 is 0 Å². The van der Waals surface area contributed by atoms with Gasteiger partial charge in [-0.05, 0) is 19.1 Å². The first-order chi connectivity index (χ1) is 13.3. The Balaban J connectivity index is 2.20. The van der Waals surface area contributed by atoms with E-state index in [9.17, 15) is 31.1 Å². The molecule has 160 valence electrons. The molecule has 0 aromatic carbocycles. The predicted molar refractivity (Wildman–Crippen MR) is 91.6 cm³/mol. The van der Waals surface area contributed by atoms with Crippen LogP contribution in [0.25, 0.3) is 0 Å². The van der Waals surface area contributed by atoms with Gasteiger partial charge in [-0.25, -0.2) is 4.79 Å². The molecule has 2 heterocycles. The fraction of sp³-hybridized carbons (Fsp3) is 0.400. The highest BCUT2D eigenvalue weighted by molar-refractivity contribution is 7.16. The molecule has 0 saturated heterocycles. The number of rotatable bonds is 6. The zero-order valence-electron chi connectivity index (χ0n) is 14.9. The summed E-state index contributed by atoms with van der Waals surface area (Å²) >= 11 is 1.29. The van der Waals surface area contributed by atoms with Gasteiger partial charge in [0.25, 0.3) is 0 Å². The number of hydrogen-bond acceptors (Lipinski definition) is 6. The van der Waals surface area contributed by atoms with Crippen LogP contribution in [0.3, 0.4) is 0 Å². The lowest BCUT2D eigenvalue weighted by Gasteiger charge is -2.16. The largest absolute Gasteiger partial charge is 0.468 e. The quantitative estimate of drug-likeness (QED) is 0.669. The van der Waals surface area contributed by atoms with Gasteiger partial charge < -0.3 is 9.47 Å². The van der Waals surface area contributed by atoms with Gasteiger partial charge >= 0.3 is 18.4 Å². The highest BCUT2D eigenvalue weighted by Crippen LogP contribution is 2.26. The second-order valence-corrected chi connectivity index (χ2v) is 6.82. The highest BCUT2D eigenvalue weighted by atomic mass is 32.1.